The number of nitro groups is 1. The van der Waals surface area contributed by atoms with Crippen LogP contribution < -0.4 is 0 Å². The lowest BCUT2D eigenvalue weighted by Crippen LogP contribution is -1.93. The van der Waals surface area contributed by atoms with Crippen molar-refractivity contribution < 1.29 is 4.92 Å². The lowest BCUT2D eigenvalue weighted by Gasteiger charge is -2.01. The fourth-order valence-corrected chi connectivity index (χ4v) is 1.51. The minimum atomic E-state index is -0.431. The molecule has 0 unspecified atom stereocenters. The highest BCUT2D eigenvalue weighted by Crippen LogP contribution is 2.27. The SMILES string of the molecule is O=[N+]([O-])c1ccccc1-c1cnc(Br)cn1. The Morgan fingerprint density at radius 2 is 1.94 bits per heavy atom. The minimum Gasteiger partial charge on any atom is -0.258 e. The van der Waals surface area contributed by atoms with Crippen LogP contribution in [0.3, 0.4) is 0 Å². The molecule has 16 heavy (non-hydrogen) atoms. The van der Waals surface area contributed by atoms with Gasteiger partial charge in [0.1, 0.15) is 4.60 Å². The van der Waals surface area contributed by atoms with Gasteiger partial charge in [-0.1, -0.05) is 12.1 Å². The zero-order valence-corrected chi connectivity index (χ0v) is 9.59. The highest BCUT2D eigenvalue weighted by atomic mass is 79.9. The van der Waals surface area contributed by atoms with Gasteiger partial charge in [0.05, 0.1) is 28.6 Å². The van der Waals surface area contributed by atoms with Gasteiger partial charge in [-0.05, 0) is 22.0 Å². The molecule has 0 N–H and O–H groups in total. The fourth-order valence-electron chi connectivity index (χ4n) is 1.30. The summed E-state index contributed by atoms with van der Waals surface area (Å²) < 4.78 is 0.592. The van der Waals surface area contributed by atoms with Crippen LogP contribution in [0.2, 0.25) is 0 Å². The molecular weight excluding hydrogens is 274 g/mol. The molecule has 80 valence electrons. The zero-order valence-electron chi connectivity index (χ0n) is 8.00. The van der Waals surface area contributed by atoms with Crippen LogP contribution in [0.25, 0.3) is 11.3 Å². The van der Waals surface area contributed by atoms with Gasteiger partial charge in [0.2, 0.25) is 0 Å². The van der Waals surface area contributed by atoms with Gasteiger partial charge < -0.3 is 0 Å². The largest absolute Gasteiger partial charge is 0.278 e. The number of nitrogens with zero attached hydrogens (tertiary/aromatic N) is 3. The monoisotopic (exact) mass is 279 g/mol. The van der Waals surface area contributed by atoms with E-state index in [2.05, 4.69) is 25.9 Å². The molecule has 0 aliphatic carbocycles. The first-order valence-electron chi connectivity index (χ1n) is 4.40. The van der Waals surface area contributed by atoms with E-state index in [1.807, 2.05) is 0 Å². The predicted octanol–water partition coefficient (Wildman–Crippen LogP) is 2.81. The molecule has 1 aromatic heterocycles. The Labute approximate surface area is 99.4 Å². The number of hydrogen-bond donors (Lipinski definition) is 0. The van der Waals surface area contributed by atoms with E-state index in [1.165, 1.54) is 18.5 Å². The molecule has 0 bridgehead atoms. The maximum Gasteiger partial charge on any atom is 0.278 e. The van der Waals surface area contributed by atoms with Crippen LogP contribution in [0.15, 0.2) is 41.3 Å². The Hall–Kier alpha value is -1.82. The molecule has 2 aromatic rings. The van der Waals surface area contributed by atoms with Gasteiger partial charge in [-0.3, -0.25) is 15.1 Å². The van der Waals surface area contributed by atoms with E-state index in [9.17, 15) is 10.1 Å². The quantitative estimate of drug-likeness (QED) is 0.626. The zero-order chi connectivity index (χ0) is 11.5. The van der Waals surface area contributed by atoms with Crippen LogP contribution in [0.1, 0.15) is 0 Å². The van der Waals surface area contributed by atoms with Crippen molar-refractivity contribution in [2.75, 3.05) is 0 Å². The van der Waals surface area contributed by atoms with Gasteiger partial charge in [-0.2, -0.15) is 0 Å². The topological polar surface area (TPSA) is 68.9 Å². The van der Waals surface area contributed by atoms with Crippen LogP contribution >= 0.6 is 15.9 Å². The van der Waals surface area contributed by atoms with Crippen LogP contribution in [-0.2, 0) is 0 Å². The van der Waals surface area contributed by atoms with Crippen molar-refractivity contribution in [2.24, 2.45) is 0 Å². The second-order valence-electron chi connectivity index (χ2n) is 3.00. The molecule has 0 spiro atoms. The second kappa shape index (κ2) is 4.36. The number of aromatic nitrogens is 2. The van der Waals surface area contributed by atoms with Crippen molar-refractivity contribution in [3.05, 3.63) is 51.4 Å². The van der Waals surface area contributed by atoms with E-state index in [4.69, 9.17) is 0 Å². The van der Waals surface area contributed by atoms with Gasteiger partial charge in [0, 0.05) is 6.07 Å². The number of rotatable bonds is 2. The van der Waals surface area contributed by atoms with E-state index in [0.29, 0.717) is 15.9 Å². The van der Waals surface area contributed by atoms with E-state index in [0.717, 1.165) is 0 Å². The Morgan fingerprint density at radius 3 is 2.56 bits per heavy atom. The minimum absolute atomic E-state index is 0.0270. The van der Waals surface area contributed by atoms with E-state index >= 15 is 0 Å². The van der Waals surface area contributed by atoms with Crippen LogP contribution in [0.4, 0.5) is 5.69 Å². The lowest BCUT2D eigenvalue weighted by atomic mass is 10.1. The highest BCUT2D eigenvalue weighted by molar-refractivity contribution is 9.10. The van der Waals surface area contributed by atoms with Crippen molar-refractivity contribution in [3.8, 4) is 11.3 Å². The fraction of sp³-hybridized carbons (Fsp3) is 0. The van der Waals surface area contributed by atoms with Crippen LogP contribution in [0, 0.1) is 10.1 Å². The van der Waals surface area contributed by atoms with Gasteiger partial charge in [-0.25, -0.2) is 4.98 Å². The highest BCUT2D eigenvalue weighted by Gasteiger charge is 2.14. The number of halogens is 1. The molecule has 1 heterocycles. The summed E-state index contributed by atoms with van der Waals surface area (Å²) in [6.45, 7) is 0. The van der Waals surface area contributed by atoms with Crippen LogP contribution in [0.5, 0.6) is 0 Å². The molecule has 0 aliphatic heterocycles. The van der Waals surface area contributed by atoms with Gasteiger partial charge in [0.15, 0.2) is 0 Å². The maximum absolute atomic E-state index is 10.8. The number of para-hydroxylation sites is 1. The van der Waals surface area contributed by atoms with Crippen molar-refractivity contribution in [2.45, 2.75) is 0 Å². The first-order valence-corrected chi connectivity index (χ1v) is 5.19. The summed E-state index contributed by atoms with van der Waals surface area (Å²) in [5.74, 6) is 0. The van der Waals surface area contributed by atoms with Crippen molar-refractivity contribution in [1.29, 1.82) is 0 Å². The third-order valence-corrected chi connectivity index (χ3v) is 2.41. The molecule has 0 saturated heterocycles. The molecule has 5 nitrogen and oxygen atoms in total. The van der Waals surface area contributed by atoms with Crippen molar-refractivity contribution in [3.63, 3.8) is 0 Å². The van der Waals surface area contributed by atoms with Gasteiger partial charge >= 0.3 is 0 Å². The van der Waals surface area contributed by atoms with E-state index < -0.39 is 4.92 Å². The number of nitro benzene ring substituents is 1. The summed E-state index contributed by atoms with van der Waals surface area (Å²) in [7, 11) is 0. The second-order valence-corrected chi connectivity index (χ2v) is 3.81. The third kappa shape index (κ3) is 2.06. The molecule has 0 amide bonds. The average molecular weight is 280 g/mol. The van der Waals surface area contributed by atoms with E-state index in [1.54, 1.807) is 18.2 Å². The number of hydrogen-bond acceptors (Lipinski definition) is 4. The normalized spacial score (nSPS) is 10.1. The first-order chi connectivity index (χ1) is 7.68. The van der Waals surface area contributed by atoms with E-state index in [-0.39, 0.29) is 5.69 Å². The molecule has 2 rings (SSSR count). The summed E-state index contributed by atoms with van der Waals surface area (Å²) in [5, 5.41) is 10.8. The number of benzene rings is 1. The Bertz CT molecular complexity index is 528. The van der Waals surface area contributed by atoms with Crippen molar-refractivity contribution in [1.82, 2.24) is 9.97 Å². The summed E-state index contributed by atoms with van der Waals surface area (Å²) in [6, 6.07) is 6.44. The molecule has 1 aromatic carbocycles. The Morgan fingerprint density at radius 1 is 1.19 bits per heavy atom. The molecular formula is C10H6BrN3O2. The van der Waals surface area contributed by atoms with Crippen LogP contribution in [-0.4, -0.2) is 14.9 Å². The summed E-state index contributed by atoms with van der Waals surface area (Å²) in [5.41, 5.74) is 0.974. The molecule has 0 radical (unpaired) electrons. The lowest BCUT2D eigenvalue weighted by molar-refractivity contribution is -0.384. The molecule has 6 heteroatoms. The smallest absolute Gasteiger partial charge is 0.258 e. The molecule has 0 fully saturated rings. The van der Waals surface area contributed by atoms with Crippen molar-refractivity contribution >= 4 is 21.6 Å². The summed E-state index contributed by atoms with van der Waals surface area (Å²) >= 11 is 3.16. The predicted molar refractivity (Wildman–Crippen MR) is 61.8 cm³/mol. The average Bonchev–Trinajstić information content (AvgIpc) is 2.30. The third-order valence-electron chi connectivity index (χ3n) is 2.00. The summed E-state index contributed by atoms with van der Waals surface area (Å²) in [6.07, 6.45) is 3.00. The maximum atomic E-state index is 10.8. The Kier molecular flexibility index (Phi) is 2.91. The van der Waals surface area contributed by atoms with Gasteiger partial charge in [-0.15, -0.1) is 0 Å². The molecule has 0 atom stereocenters. The Balaban J connectivity index is 2.55. The first kappa shape index (κ1) is 10.7. The standard InChI is InChI=1S/C10H6BrN3O2/c11-10-6-12-8(5-13-10)7-3-1-2-4-9(7)14(15)16/h1-6H. The van der Waals surface area contributed by atoms with Gasteiger partial charge in [0.25, 0.3) is 5.69 Å². The summed E-state index contributed by atoms with van der Waals surface area (Å²) in [4.78, 5) is 18.4. The molecule has 0 aliphatic rings. The molecule has 0 saturated carbocycles.